The molecule has 0 bridgehead atoms. The number of carbonyl (C=O) groups excluding carboxylic acids is 1. The van der Waals surface area contributed by atoms with Crippen molar-refractivity contribution in [3.05, 3.63) is 59.7 Å². The van der Waals surface area contributed by atoms with E-state index < -0.39 is 18.8 Å². The molecule has 0 aromatic heterocycles. The normalized spacial score (nSPS) is 16.4. The number of urea groups is 1. The molecule has 0 unspecified atom stereocenters. The van der Waals surface area contributed by atoms with Crippen molar-refractivity contribution in [2.45, 2.75) is 39.6 Å². The Hall–Kier alpha value is -2.68. The predicted octanol–water partition coefficient (Wildman–Crippen LogP) is 5.83. The number of nitrogens with zero attached hydrogens (tertiary/aromatic N) is 3. The Labute approximate surface area is 183 Å². The van der Waals surface area contributed by atoms with Gasteiger partial charge < -0.3 is 4.74 Å². The first kappa shape index (κ1) is 23.0. The van der Waals surface area contributed by atoms with E-state index >= 15 is 0 Å². The molecule has 0 N–H and O–H groups in total. The Morgan fingerprint density at radius 3 is 2.32 bits per heavy atom. The number of rotatable bonds is 6. The van der Waals surface area contributed by atoms with Crippen LogP contribution in [0.25, 0.3) is 0 Å². The maximum absolute atomic E-state index is 13.2. The number of aryl methyl sites for hydroxylation is 1. The van der Waals surface area contributed by atoms with E-state index in [1.807, 2.05) is 45.0 Å². The highest BCUT2D eigenvalue weighted by atomic mass is 32.2. The molecule has 2 aromatic rings. The van der Waals surface area contributed by atoms with Gasteiger partial charge in [0.05, 0.1) is 18.5 Å². The van der Waals surface area contributed by atoms with Crippen LogP contribution >= 0.6 is 11.8 Å². The third-order valence-electron chi connectivity index (χ3n) is 4.39. The van der Waals surface area contributed by atoms with Crippen LogP contribution in [0.5, 0.6) is 5.75 Å². The lowest BCUT2D eigenvalue weighted by molar-refractivity contribution is -0.118. The molecule has 31 heavy (non-hydrogen) atoms. The van der Waals surface area contributed by atoms with Crippen LogP contribution in [0.2, 0.25) is 0 Å². The number of alkyl halides is 3. The zero-order valence-corrected chi connectivity index (χ0v) is 18.3. The maximum atomic E-state index is 13.2. The van der Waals surface area contributed by atoms with Crippen LogP contribution < -0.4 is 9.64 Å². The third-order valence-corrected chi connectivity index (χ3v) is 5.39. The summed E-state index contributed by atoms with van der Waals surface area (Å²) >= 11 is 1.11. The molecule has 1 fully saturated rings. The number of aliphatic imine (C=N–C) groups is 1. The number of benzene rings is 2. The smallest absolute Gasteiger partial charge is 0.408 e. The van der Waals surface area contributed by atoms with Crippen LogP contribution in [-0.2, 0) is 6.54 Å². The Kier molecular flexibility index (Phi) is 7.15. The molecular formula is C22H24F3N3O2S. The minimum absolute atomic E-state index is 0.0232. The summed E-state index contributed by atoms with van der Waals surface area (Å²) < 4.78 is 43.9. The Bertz CT molecular complexity index is 929. The van der Waals surface area contributed by atoms with E-state index in [1.54, 1.807) is 24.3 Å². The highest BCUT2D eigenvalue weighted by Gasteiger charge is 2.34. The van der Waals surface area contributed by atoms with Crippen LogP contribution in [0, 0.1) is 6.92 Å². The van der Waals surface area contributed by atoms with Gasteiger partial charge in [0.15, 0.2) is 5.17 Å². The molecule has 0 radical (unpaired) electrons. The van der Waals surface area contributed by atoms with Crippen LogP contribution in [0.1, 0.15) is 25.0 Å². The summed E-state index contributed by atoms with van der Waals surface area (Å²) in [7, 11) is 0. The molecule has 0 spiro atoms. The average Bonchev–Trinajstić information content (AvgIpc) is 2.69. The molecule has 166 valence electrons. The van der Waals surface area contributed by atoms with Gasteiger partial charge in [0, 0.05) is 5.69 Å². The SMILES string of the molecule is Cc1ccc(N2CS/C(=N/CC(F)(F)F)N(Cc3ccc(OC(C)C)cc3)C2=O)cc1. The number of thioether (sulfide) groups is 1. The van der Waals surface area contributed by atoms with Crippen molar-refractivity contribution in [1.82, 2.24) is 4.90 Å². The second-order valence-electron chi connectivity index (χ2n) is 7.43. The van der Waals surface area contributed by atoms with Crippen molar-refractivity contribution in [3.8, 4) is 5.75 Å². The second-order valence-corrected chi connectivity index (χ2v) is 8.34. The lowest BCUT2D eigenvalue weighted by Crippen LogP contribution is -2.50. The van der Waals surface area contributed by atoms with Gasteiger partial charge in [0.2, 0.25) is 0 Å². The summed E-state index contributed by atoms with van der Waals surface area (Å²) in [5.74, 6) is 0.876. The molecule has 0 atom stereocenters. The molecule has 1 aliphatic rings. The highest BCUT2D eigenvalue weighted by Crippen LogP contribution is 2.29. The third kappa shape index (κ3) is 6.40. The fourth-order valence-electron chi connectivity index (χ4n) is 2.94. The number of amides is 2. The van der Waals surface area contributed by atoms with Gasteiger partial charge >= 0.3 is 12.2 Å². The number of hydrogen-bond donors (Lipinski definition) is 0. The van der Waals surface area contributed by atoms with E-state index in [1.165, 1.54) is 9.80 Å². The second kappa shape index (κ2) is 9.64. The fourth-order valence-corrected chi connectivity index (χ4v) is 3.90. The van der Waals surface area contributed by atoms with E-state index in [9.17, 15) is 18.0 Å². The number of carbonyl (C=O) groups is 1. The van der Waals surface area contributed by atoms with Crippen molar-refractivity contribution in [1.29, 1.82) is 0 Å². The topological polar surface area (TPSA) is 45.1 Å². The number of halogens is 3. The van der Waals surface area contributed by atoms with E-state index in [0.29, 0.717) is 11.4 Å². The van der Waals surface area contributed by atoms with Gasteiger partial charge in [-0.15, -0.1) is 0 Å². The number of ether oxygens (including phenoxy) is 1. The van der Waals surface area contributed by atoms with Crippen molar-refractivity contribution in [2.75, 3.05) is 17.3 Å². The molecule has 0 aliphatic carbocycles. The number of anilines is 1. The number of amidine groups is 1. The standard InChI is InChI=1S/C22H24F3N3O2S/c1-15(2)30-19-10-6-17(7-11-19)12-27-20(26-13-22(23,24)25)31-14-28(21(27)29)18-8-4-16(3)5-9-18/h4-11,15H,12-14H2,1-3H3/b26-20+. The van der Waals surface area contributed by atoms with E-state index in [2.05, 4.69) is 4.99 Å². The van der Waals surface area contributed by atoms with Crippen molar-refractivity contribution in [2.24, 2.45) is 4.99 Å². The number of hydrogen-bond acceptors (Lipinski definition) is 4. The van der Waals surface area contributed by atoms with Gasteiger partial charge in [-0.05, 0) is 50.6 Å². The van der Waals surface area contributed by atoms with Gasteiger partial charge in [-0.3, -0.25) is 14.8 Å². The first-order valence-corrected chi connectivity index (χ1v) is 10.8. The molecule has 5 nitrogen and oxygen atoms in total. The van der Waals surface area contributed by atoms with Crippen LogP contribution in [0.4, 0.5) is 23.7 Å². The molecule has 1 aliphatic heterocycles. The quantitative estimate of drug-likeness (QED) is 0.555. The summed E-state index contributed by atoms with van der Waals surface area (Å²) in [6.07, 6.45) is -4.42. The van der Waals surface area contributed by atoms with Crippen LogP contribution in [0.15, 0.2) is 53.5 Å². The zero-order valence-electron chi connectivity index (χ0n) is 17.5. The highest BCUT2D eigenvalue weighted by molar-refractivity contribution is 8.14. The lowest BCUT2D eigenvalue weighted by Gasteiger charge is -2.36. The van der Waals surface area contributed by atoms with E-state index in [-0.39, 0.29) is 23.7 Å². The maximum Gasteiger partial charge on any atom is 0.408 e. The largest absolute Gasteiger partial charge is 0.491 e. The predicted molar refractivity (Wildman–Crippen MR) is 118 cm³/mol. The zero-order chi connectivity index (χ0) is 22.6. The van der Waals surface area contributed by atoms with Gasteiger partial charge in [0.1, 0.15) is 12.3 Å². The van der Waals surface area contributed by atoms with Crippen molar-refractivity contribution < 1.29 is 22.7 Å². The first-order valence-electron chi connectivity index (χ1n) is 9.77. The molecule has 2 aromatic carbocycles. The van der Waals surface area contributed by atoms with Crippen LogP contribution in [-0.4, -0.2) is 40.8 Å². The van der Waals surface area contributed by atoms with Crippen molar-refractivity contribution >= 4 is 28.6 Å². The van der Waals surface area contributed by atoms with E-state index in [4.69, 9.17) is 4.74 Å². The molecule has 3 rings (SSSR count). The molecule has 2 amide bonds. The molecule has 1 saturated heterocycles. The first-order chi connectivity index (χ1) is 14.6. The van der Waals surface area contributed by atoms with Gasteiger partial charge in [-0.1, -0.05) is 41.6 Å². The minimum Gasteiger partial charge on any atom is -0.491 e. The van der Waals surface area contributed by atoms with Crippen molar-refractivity contribution in [3.63, 3.8) is 0 Å². The average molecular weight is 452 g/mol. The van der Waals surface area contributed by atoms with Gasteiger partial charge in [-0.25, -0.2) is 4.79 Å². The fraction of sp³-hybridized carbons (Fsp3) is 0.364. The monoisotopic (exact) mass is 451 g/mol. The molecule has 0 saturated carbocycles. The Balaban J connectivity index is 1.85. The molecule has 1 heterocycles. The van der Waals surface area contributed by atoms with Crippen LogP contribution in [0.3, 0.4) is 0 Å². The molecule has 9 heteroatoms. The van der Waals surface area contributed by atoms with Gasteiger partial charge in [0.25, 0.3) is 0 Å². The summed E-state index contributed by atoms with van der Waals surface area (Å²) in [4.78, 5) is 19.7. The molecular weight excluding hydrogens is 427 g/mol. The Morgan fingerprint density at radius 2 is 1.74 bits per heavy atom. The van der Waals surface area contributed by atoms with Gasteiger partial charge in [-0.2, -0.15) is 13.2 Å². The summed E-state index contributed by atoms with van der Waals surface area (Å²) in [5.41, 5.74) is 2.49. The summed E-state index contributed by atoms with van der Waals surface area (Å²) in [6.45, 7) is 4.55. The minimum atomic E-state index is -4.44. The van der Waals surface area contributed by atoms with E-state index in [0.717, 1.165) is 22.9 Å². The lowest BCUT2D eigenvalue weighted by atomic mass is 10.2. The summed E-state index contributed by atoms with van der Waals surface area (Å²) in [6, 6.07) is 14.2. The summed E-state index contributed by atoms with van der Waals surface area (Å²) in [5, 5.41) is 0.0631. The Morgan fingerprint density at radius 1 is 1.10 bits per heavy atom.